The van der Waals surface area contributed by atoms with Crippen LogP contribution in [0, 0.1) is 5.92 Å². The third-order valence-electron chi connectivity index (χ3n) is 6.13. The summed E-state index contributed by atoms with van der Waals surface area (Å²) in [4.78, 5) is 50.5. The number of imide groups is 2. The van der Waals surface area contributed by atoms with Gasteiger partial charge in [-0.15, -0.1) is 0 Å². The molecule has 0 aromatic heterocycles. The Morgan fingerprint density at radius 1 is 1.10 bits per heavy atom. The van der Waals surface area contributed by atoms with Crippen molar-refractivity contribution < 1.29 is 19.2 Å². The number of piperidine rings is 1. The molecule has 8 heteroatoms. The molecule has 1 saturated heterocycles. The van der Waals surface area contributed by atoms with Crippen molar-refractivity contribution in [3.8, 4) is 0 Å². The Labute approximate surface area is 169 Å². The van der Waals surface area contributed by atoms with Gasteiger partial charge in [0.1, 0.15) is 6.04 Å². The number of nitrogens with zero attached hydrogens (tertiary/aromatic N) is 1. The summed E-state index contributed by atoms with van der Waals surface area (Å²) in [6.45, 7) is 1.29. The number of nitrogens with two attached hydrogens (primary N) is 1. The molecular formula is C21H26N4O4. The van der Waals surface area contributed by atoms with Gasteiger partial charge in [0.25, 0.3) is 11.8 Å². The topological polar surface area (TPSA) is 122 Å². The van der Waals surface area contributed by atoms with Crippen LogP contribution in [0.25, 0.3) is 0 Å². The van der Waals surface area contributed by atoms with Gasteiger partial charge in [-0.25, -0.2) is 0 Å². The van der Waals surface area contributed by atoms with Gasteiger partial charge in [-0.05, 0) is 49.8 Å². The Bertz CT molecular complexity index is 868. The van der Waals surface area contributed by atoms with Gasteiger partial charge in [0.05, 0.1) is 11.1 Å². The standard InChI is InChI=1S/C21H26N4O4/c22-14-5-1-3-12(9-14)10-23-11-13-4-2-6-15-18(13)21(29)25(20(15)28)16-7-8-17(26)24-19(16)27/h2,4,6,12,14,16,23H,1,3,5,7-11,22H2,(H,24,26,27)/t12-,14+,16?/m0/s1. The van der Waals surface area contributed by atoms with Crippen LogP contribution in [0.15, 0.2) is 18.2 Å². The molecule has 0 spiro atoms. The first-order valence-corrected chi connectivity index (χ1v) is 10.3. The molecule has 4 rings (SSSR count). The highest BCUT2D eigenvalue weighted by Gasteiger charge is 2.45. The zero-order chi connectivity index (χ0) is 20.5. The van der Waals surface area contributed by atoms with E-state index in [-0.39, 0.29) is 24.8 Å². The number of benzene rings is 1. The second kappa shape index (κ2) is 8.04. The average Bonchev–Trinajstić information content (AvgIpc) is 2.94. The van der Waals surface area contributed by atoms with Gasteiger partial charge in [0.15, 0.2) is 0 Å². The Balaban J connectivity index is 1.47. The van der Waals surface area contributed by atoms with Crippen LogP contribution in [0.3, 0.4) is 0 Å². The molecule has 1 aromatic rings. The second-order valence-corrected chi connectivity index (χ2v) is 8.21. The average molecular weight is 398 g/mol. The van der Waals surface area contributed by atoms with Crippen LogP contribution in [0.1, 0.15) is 64.8 Å². The van der Waals surface area contributed by atoms with Gasteiger partial charge >= 0.3 is 0 Å². The van der Waals surface area contributed by atoms with Crippen LogP contribution in [0.5, 0.6) is 0 Å². The molecule has 4 N–H and O–H groups in total. The number of carbonyl (C=O) groups excluding carboxylic acids is 4. The van der Waals surface area contributed by atoms with Gasteiger partial charge in [0, 0.05) is 19.0 Å². The number of amides is 4. The van der Waals surface area contributed by atoms with Crippen LogP contribution in [0.4, 0.5) is 0 Å². The maximum atomic E-state index is 13.1. The highest BCUT2D eigenvalue weighted by atomic mass is 16.2. The molecule has 0 radical (unpaired) electrons. The molecule has 1 unspecified atom stereocenters. The zero-order valence-electron chi connectivity index (χ0n) is 16.3. The Morgan fingerprint density at radius 3 is 2.69 bits per heavy atom. The largest absolute Gasteiger partial charge is 0.328 e. The van der Waals surface area contributed by atoms with Crippen LogP contribution in [-0.4, -0.2) is 47.2 Å². The molecule has 3 atom stereocenters. The lowest BCUT2D eigenvalue weighted by Crippen LogP contribution is -2.54. The Hall–Kier alpha value is -2.58. The first-order valence-electron chi connectivity index (χ1n) is 10.3. The van der Waals surface area contributed by atoms with Gasteiger partial charge in [-0.2, -0.15) is 0 Å². The van der Waals surface area contributed by atoms with Crippen LogP contribution in [-0.2, 0) is 16.1 Å². The van der Waals surface area contributed by atoms with Crippen molar-refractivity contribution in [1.82, 2.24) is 15.5 Å². The molecule has 1 saturated carbocycles. The lowest BCUT2D eigenvalue weighted by Gasteiger charge is -2.28. The van der Waals surface area contributed by atoms with Gasteiger partial charge in [0.2, 0.25) is 11.8 Å². The number of rotatable bonds is 5. The highest BCUT2D eigenvalue weighted by Crippen LogP contribution is 2.30. The number of fused-ring (bicyclic) bond motifs is 1. The molecule has 154 valence electrons. The maximum absolute atomic E-state index is 13.1. The number of hydrogen-bond acceptors (Lipinski definition) is 6. The van der Waals surface area contributed by atoms with E-state index in [4.69, 9.17) is 5.73 Å². The van der Waals surface area contributed by atoms with Crippen molar-refractivity contribution in [3.63, 3.8) is 0 Å². The predicted octanol–water partition coefficient (Wildman–Crippen LogP) is 0.695. The third kappa shape index (κ3) is 3.82. The third-order valence-corrected chi connectivity index (χ3v) is 6.13. The van der Waals surface area contributed by atoms with E-state index in [0.29, 0.717) is 23.6 Å². The fourth-order valence-corrected chi connectivity index (χ4v) is 4.66. The lowest BCUT2D eigenvalue weighted by atomic mass is 9.86. The molecule has 3 aliphatic rings. The summed E-state index contributed by atoms with van der Waals surface area (Å²) in [5.74, 6) is -1.39. The fraction of sp³-hybridized carbons (Fsp3) is 0.524. The van der Waals surface area contributed by atoms with Gasteiger partial charge < -0.3 is 11.1 Å². The second-order valence-electron chi connectivity index (χ2n) is 8.21. The molecule has 4 amide bonds. The summed E-state index contributed by atoms with van der Waals surface area (Å²) in [6.07, 6.45) is 4.64. The molecule has 2 aliphatic heterocycles. The smallest absolute Gasteiger partial charge is 0.262 e. The first kappa shape index (κ1) is 19.7. The minimum Gasteiger partial charge on any atom is -0.328 e. The zero-order valence-corrected chi connectivity index (χ0v) is 16.3. The molecule has 2 heterocycles. The number of hydrogen-bond donors (Lipinski definition) is 3. The Morgan fingerprint density at radius 2 is 1.93 bits per heavy atom. The van der Waals surface area contributed by atoms with Crippen LogP contribution < -0.4 is 16.4 Å². The lowest BCUT2D eigenvalue weighted by molar-refractivity contribution is -0.136. The highest BCUT2D eigenvalue weighted by molar-refractivity contribution is 6.24. The van der Waals surface area contributed by atoms with Crippen molar-refractivity contribution in [1.29, 1.82) is 0 Å². The molecule has 0 bridgehead atoms. The molecule has 8 nitrogen and oxygen atoms in total. The van der Waals surface area contributed by atoms with E-state index in [0.717, 1.165) is 42.7 Å². The van der Waals surface area contributed by atoms with Crippen molar-refractivity contribution in [2.45, 2.75) is 57.2 Å². The Kier molecular flexibility index (Phi) is 5.47. The van der Waals surface area contributed by atoms with Crippen molar-refractivity contribution >= 4 is 23.6 Å². The van der Waals surface area contributed by atoms with Gasteiger partial charge in [-0.1, -0.05) is 18.6 Å². The van der Waals surface area contributed by atoms with E-state index in [9.17, 15) is 19.2 Å². The predicted molar refractivity (Wildman–Crippen MR) is 105 cm³/mol. The summed E-state index contributed by atoms with van der Waals surface area (Å²) < 4.78 is 0. The van der Waals surface area contributed by atoms with E-state index in [1.807, 2.05) is 6.07 Å². The molecule has 1 aromatic carbocycles. The van der Waals surface area contributed by atoms with Gasteiger partial charge in [-0.3, -0.25) is 29.4 Å². The quantitative estimate of drug-likeness (QED) is 0.628. The summed E-state index contributed by atoms with van der Waals surface area (Å²) in [7, 11) is 0. The number of carbonyl (C=O) groups is 4. The normalized spacial score (nSPS) is 27.2. The molecular weight excluding hydrogens is 372 g/mol. The SMILES string of the molecule is N[C@@H]1CCC[C@H](CNCc2cccc3c2C(=O)N(C2CCC(=O)NC2=O)C3=O)C1. The maximum Gasteiger partial charge on any atom is 0.262 e. The summed E-state index contributed by atoms with van der Waals surface area (Å²) in [5, 5.41) is 5.62. The van der Waals surface area contributed by atoms with Crippen LogP contribution >= 0.6 is 0 Å². The van der Waals surface area contributed by atoms with Crippen molar-refractivity contribution in [2.24, 2.45) is 11.7 Å². The van der Waals surface area contributed by atoms with Crippen molar-refractivity contribution in [3.05, 3.63) is 34.9 Å². The minimum atomic E-state index is -0.940. The van der Waals surface area contributed by atoms with E-state index < -0.39 is 23.8 Å². The van der Waals surface area contributed by atoms with Crippen LogP contribution in [0.2, 0.25) is 0 Å². The van der Waals surface area contributed by atoms with Crippen molar-refractivity contribution in [2.75, 3.05) is 6.54 Å². The van der Waals surface area contributed by atoms with E-state index in [2.05, 4.69) is 10.6 Å². The van der Waals surface area contributed by atoms with E-state index >= 15 is 0 Å². The molecule has 29 heavy (non-hydrogen) atoms. The number of nitrogens with one attached hydrogen (secondary N) is 2. The molecule has 1 aliphatic carbocycles. The monoisotopic (exact) mass is 398 g/mol. The van der Waals surface area contributed by atoms with E-state index in [1.54, 1.807) is 12.1 Å². The molecule has 2 fully saturated rings. The summed E-state index contributed by atoms with van der Waals surface area (Å²) >= 11 is 0. The fourth-order valence-electron chi connectivity index (χ4n) is 4.66. The first-order chi connectivity index (χ1) is 14.0. The minimum absolute atomic E-state index is 0.113. The summed E-state index contributed by atoms with van der Waals surface area (Å²) in [5.41, 5.74) is 7.47. The van der Waals surface area contributed by atoms with E-state index in [1.165, 1.54) is 0 Å². The summed E-state index contributed by atoms with van der Waals surface area (Å²) in [6, 6.07) is 4.52.